The van der Waals surface area contributed by atoms with Crippen LogP contribution in [-0.4, -0.2) is 24.3 Å². The fourth-order valence-corrected chi connectivity index (χ4v) is 1.01. The van der Waals surface area contributed by atoms with Crippen LogP contribution < -0.4 is 5.32 Å². The zero-order chi connectivity index (χ0) is 8.53. The van der Waals surface area contributed by atoms with E-state index in [4.69, 9.17) is 0 Å². The summed E-state index contributed by atoms with van der Waals surface area (Å²) in [6.07, 6.45) is 4.27. The molecule has 0 amide bonds. The van der Waals surface area contributed by atoms with Gasteiger partial charge in [0.05, 0.1) is 6.10 Å². The van der Waals surface area contributed by atoms with E-state index in [1.54, 1.807) is 0 Å². The van der Waals surface area contributed by atoms with Crippen LogP contribution in [-0.2, 0) is 0 Å². The average molecular weight is 159 g/mol. The lowest BCUT2D eigenvalue weighted by Gasteiger charge is -2.09. The van der Waals surface area contributed by atoms with Crippen molar-refractivity contribution in [3.8, 4) is 0 Å². The molecular weight excluding hydrogens is 138 g/mol. The molecule has 2 nitrogen and oxygen atoms in total. The predicted octanol–water partition coefficient (Wildman–Crippen LogP) is 1.54. The monoisotopic (exact) mass is 159 g/mol. The average Bonchev–Trinajstić information content (AvgIpc) is 1.99. The highest BCUT2D eigenvalue weighted by atomic mass is 16.3. The molecule has 0 aliphatic heterocycles. The molecule has 0 radical (unpaired) electrons. The Morgan fingerprint density at radius 1 is 1.27 bits per heavy atom. The minimum atomic E-state index is -0.142. The van der Waals surface area contributed by atoms with Gasteiger partial charge in [0.1, 0.15) is 0 Å². The van der Waals surface area contributed by atoms with E-state index in [1.165, 1.54) is 12.8 Å². The van der Waals surface area contributed by atoms with Crippen molar-refractivity contribution in [1.29, 1.82) is 0 Å². The molecule has 2 heteroatoms. The van der Waals surface area contributed by atoms with E-state index in [9.17, 15) is 5.11 Å². The van der Waals surface area contributed by atoms with Gasteiger partial charge in [0, 0.05) is 6.54 Å². The first-order valence-electron chi connectivity index (χ1n) is 4.70. The van der Waals surface area contributed by atoms with Crippen LogP contribution >= 0.6 is 0 Å². The van der Waals surface area contributed by atoms with E-state index >= 15 is 0 Å². The van der Waals surface area contributed by atoms with Gasteiger partial charge < -0.3 is 10.4 Å². The molecule has 0 bridgehead atoms. The zero-order valence-electron chi connectivity index (χ0n) is 7.77. The fourth-order valence-electron chi connectivity index (χ4n) is 1.01. The number of hydrogen-bond acceptors (Lipinski definition) is 2. The highest BCUT2D eigenvalue weighted by Crippen LogP contribution is 1.93. The summed E-state index contributed by atoms with van der Waals surface area (Å²) < 4.78 is 0. The van der Waals surface area contributed by atoms with Gasteiger partial charge in [0.2, 0.25) is 0 Å². The van der Waals surface area contributed by atoms with E-state index in [0.717, 1.165) is 25.9 Å². The molecule has 0 heterocycles. The van der Waals surface area contributed by atoms with Crippen LogP contribution in [0.2, 0.25) is 0 Å². The van der Waals surface area contributed by atoms with E-state index in [2.05, 4.69) is 19.2 Å². The van der Waals surface area contributed by atoms with E-state index in [1.807, 2.05) is 0 Å². The maximum Gasteiger partial charge on any atom is 0.0664 e. The van der Waals surface area contributed by atoms with Gasteiger partial charge in [-0.2, -0.15) is 0 Å². The second-order valence-electron chi connectivity index (χ2n) is 3.00. The van der Waals surface area contributed by atoms with E-state index in [0.29, 0.717) is 0 Å². The molecule has 2 N–H and O–H groups in total. The Morgan fingerprint density at radius 2 is 2.00 bits per heavy atom. The van der Waals surface area contributed by atoms with Crippen LogP contribution in [0.4, 0.5) is 0 Å². The fraction of sp³-hybridized carbons (Fsp3) is 1.00. The minimum absolute atomic E-state index is 0.142. The molecule has 0 aromatic rings. The topological polar surface area (TPSA) is 32.3 Å². The van der Waals surface area contributed by atoms with Crippen molar-refractivity contribution in [2.45, 2.75) is 45.6 Å². The lowest BCUT2D eigenvalue weighted by molar-refractivity contribution is 0.161. The maximum atomic E-state index is 9.29. The largest absolute Gasteiger partial charge is 0.392 e. The molecule has 11 heavy (non-hydrogen) atoms. The van der Waals surface area contributed by atoms with Gasteiger partial charge in [-0.25, -0.2) is 0 Å². The molecule has 0 rings (SSSR count). The minimum Gasteiger partial charge on any atom is -0.392 e. The SMILES string of the molecule is CCCCNC[C@@H](O)CCC. The number of hydrogen-bond donors (Lipinski definition) is 2. The van der Waals surface area contributed by atoms with Crippen LogP contribution in [0, 0.1) is 0 Å². The second-order valence-corrected chi connectivity index (χ2v) is 3.00. The third-order valence-corrected chi connectivity index (χ3v) is 1.71. The predicted molar refractivity (Wildman–Crippen MR) is 48.7 cm³/mol. The Bertz CT molecular complexity index is 76.0. The van der Waals surface area contributed by atoms with Crippen LogP contribution in [0.25, 0.3) is 0 Å². The van der Waals surface area contributed by atoms with Gasteiger partial charge in [-0.1, -0.05) is 26.7 Å². The van der Waals surface area contributed by atoms with Crippen molar-refractivity contribution >= 4 is 0 Å². The number of unbranched alkanes of at least 4 members (excludes halogenated alkanes) is 1. The Labute approximate surface area is 70.0 Å². The normalized spacial score (nSPS) is 13.4. The van der Waals surface area contributed by atoms with Gasteiger partial charge in [0.25, 0.3) is 0 Å². The standard InChI is InChI=1S/C9H21NO/c1-3-5-7-10-8-9(11)6-4-2/h9-11H,3-8H2,1-2H3/t9-/m0/s1. The molecule has 0 saturated heterocycles. The summed E-state index contributed by atoms with van der Waals surface area (Å²) >= 11 is 0. The van der Waals surface area contributed by atoms with Crippen molar-refractivity contribution in [2.24, 2.45) is 0 Å². The molecule has 0 aromatic heterocycles. The van der Waals surface area contributed by atoms with Gasteiger partial charge in [-0.3, -0.25) is 0 Å². The summed E-state index contributed by atoms with van der Waals surface area (Å²) in [5.41, 5.74) is 0. The Kier molecular flexibility index (Phi) is 7.96. The smallest absolute Gasteiger partial charge is 0.0664 e. The van der Waals surface area contributed by atoms with Crippen molar-refractivity contribution < 1.29 is 5.11 Å². The van der Waals surface area contributed by atoms with E-state index < -0.39 is 0 Å². The third-order valence-electron chi connectivity index (χ3n) is 1.71. The highest BCUT2D eigenvalue weighted by Gasteiger charge is 1.99. The quantitative estimate of drug-likeness (QED) is 0.552. The van der Waals surface area contributed by atoms with Gasteiger partial charge in [0.15, 0.2) is 0 Å². The molecule has 0 unspecified atom stereocenters. The molecule has 0 aliphatic rings. The second kappa shape index (κ2) is 8.02. The van der Waals surface area contributed by atoms with E-state index in [-0.39, 0.29) is 6.10 Å². The van der Waals surface area contributed by atoms with Crippen molar-refractivity contribution in [3.05, 3.63) is 0 Å². The molecule has 0 spiro atoms. The lowest BCUT2D eigenvalue weighted by Crippen LogP contribution is -2.27. The maximum absolute atomic E-state index is 9.29. The van der Waals surface area contributed by atoms with Gasteiger partial charge in [-0.05, 0) is 19.4 Å². The lowest BCUT2D eigenvalue weighted by atomic mass is 10.2. The summed E-state index contributed by atoms with van der Waals surface area (Å²) in [6.45, 7) is 6.06. The van der Waals surface area contributed by atoms with Crippen LogP contribution in [0.5, 0.6) is 0 Å². The van der Waals surface area contributed by atoms with Crippen LogP contribution in [0.3, 0.4) is 0 Å². The summed E-state index contributed by atoms with van der Waals surface area (Å²) in [4.78, 5) is 0. The molecule has 0 fully saturated rings. The first-order chi connectivity index (χ1) is 5.31. The summed E-state index contributed by atoms with van der Waals surface area (Å²) in [5.74, 6) is 0. The molecule has 1 atom stereocenters. The first-order valence-corrected chi connectivity index (χ1v) is 4.70. The zero-order valence-corrected chi connectivity index (χ0v) is 7.77. The molecule has 68 valence electrons. The van der Waals surface area contributed by atoms with Crippen molar-refractivity contribution in [3.63, 3.8) is 0 Å². The number of aliphatic hydroxyl groups is 1. The van der Waals surface area contributed by atoms with Gasteiger partial charge >= 0.3 is 0 Å². The number of rotatable bonds is 7. The first kappa shape index (κ1) is 10.9. The summed E-state index contributed by atoms with van der Waals surface area (Å²) in [6, 6.07) is 0. The Hall–Kier alpha value is -0.0800. The Morgan fingerprint density at radius 3 is 2.55 bits per heavy atom. The molecule has 0 aliphatic carbocycles. The summed E-state index contributed by atoms with van der Waals surface area (Å²) in [7, 11) is 0. The molecule has 0 saturated carbocycles. The number of aliphatic hydroxyl groups excluding tert-OH is 1. The van der Waals surface area contributed by atoms with Gasteiger partial charge in [-0.15, -0.1) is 0 Å². The molecule has 0 aromatic carbocycles. The van der Waals surface area contributed by atoms with Crippen molar-refractivity contribution in [1.82, 2.24) is 5.32 Å². The highest BCUT2D eigenvalue weighted by molar-refractivity contribution is 4.57. The third kappa shape index (κ3) is 7.82. The molecular formula is C9H21NO. The van der Waals surface area contributed by atoms with Crippen LogP contribution in [0.1, 0.15) is 39.5 Å². The summed E-state index contributed by atoms with van der Waals surface area (Å²) in [5, 5.41) is 12.5. The van der Waals surface area contributed by atoms with Crippen LogP contribution in [0.15, 0.2) is 0 Å². The number of nitrogens with one attached hydrogen (secondary N) is 1. The van der Waals surface area contributed by atoms with Crippen molar-refractivity contribution in [2.75, 3.05) is 13.1 Å². The Balaban J connectivity index is 2.97.